The van der Waals surface area contributed by atoms with E-state index in [1.807, 2.05) is 0 Å². The van der Waals surface area contributed by atoms with Crippen molar-refractivity contribution in [1.82, 2.24) is 0 Å². The molecule has 0 rings (SSSR count). The zero-order chi connectivity index (χ0) is 18.8. The van der Waals surface area contributed by atoms with E-state index in [1.165, 1.54) is 116 Å². The quantitative estimate of drug-likeness (QED) is 0.131. The highest BCUT2D eigenvalue weighted by Gasteiger charge is 2.26. The lowest BCUT2D eigenvalue weighted by Crippen LogP contribution is -2.22. The van der Waals surface area contributed by atoms with Gasteiger partial charge in [0, 0.05) is 5.41 Å². The Labute approximate surface area is 170 Å². The minimum absolute atomic E-state index is 0.183. The molecule has 0 fully saturated rings. The fourth-order valence-corrected chi connectivity index (χ4v) is 4.06. The van der Waals surface area contributed by atoms with Crippen molar-refractivity contribution in [3.8, 4) is 0 Å². The topological polar surface area (TPSA) is 0 Å². The molecule has 0 aromatic rings. The van der Waals surface area contributed by atoms with Crippen LogP contribution in [-0.2, 0) is 0 Å². The molecule has 25 heavy (non-hydrogen) atoms. The third-order valence-electron chi connectivity index (χ3n) is 5.68. The van der Waals surface area contributed by atoms with Crippen molar-refractivity contribution >= 4 is 29.0 Å². The molecule has 0 aromatic carbocycles. The molecule has 0 radical (unpaired) electrons. The second-order valence-electron chi connectivity index (χ2n) is 8.32. The summed E-state index contributed by atoms with van der Waals surface area (Å²) in [5.74, 6) is 0. The molecule has 0 saturated heterocycles. The van der Waals surface area contributed by atoms with E-state index in [2.05, 4.69) is 33.4 Å². The maximum atomic E-state index is 5.49. The van der Waals surface area contributed by atoms with Crippen molar-refractivity contribution in [3.05, 3.63) is 0 Å². The second-order valence-corrected chi connectivity index (χ2v) is 9.47. The SMILES string of the molecule is CCCCCCCCCCC(C)(CCCCCCCCCC)C(=S)S. The minimum atomic E-state index is 0.183. The fourth-order valence-electron chi connectivity index (χ4n) is 3.64. The van der Waals surface area contributed by atoms with Crippen LogP contribution in [0.5, 0.6) is 0 Å². The first kappa shape index (κ1) is 25.4. The van der Waals surface area contributed by atoms with Crippen LogP contribution in [-0.4, -0.2) is 4.20 Å². The molecule has 0 nitrogen and oxygen atoms in total. The van der Waals surface area contributed by atoms with Gasteiger partial charge in [0.15, 0.2) is 0 Å². The summed E-state index contributed by atoms with van der Waals surface area (Å²) in [4.78, 5) is 0. The lowest BCUT2D eigenvalue weighted by atomic mass is 9.81. The molecule has 0 aliphatic rings. The number of rotatable bonds is 19. The van der Waals surface area contributed by atoms with E-state index in [9.17, 15) is 0 Å². The Balaban J connectivity index is 3.73. The molecule has 0 bridgehead atoms. The number of unbranched alkanes of at least 4 members (excludes halogenated alkanes) is 14. The van der Waals surface area contributed by atoms with Gasteiger partial charge in [-0.2, -0.15) is 0 Å². The van der Waals surface area contributed by atoms with Gasteiger partial charge in [-0.3, -0.25) is 0 Å². The van der Waals surface area contributed by atoms with E-state index in [4.69, 9.17) is 12.2 Å². The van der Waals surface area contributed by atoms with Gasteiger partial charge >= 0.3 is 0 Å². The molecule has 150 valence electrons. The first-order chi connectivity index (χ1) is 12.1. The van der Waals surface area contributed by atoms with Crippen molar-refractivity contribution in [2.24, 2.45) is 5.41 Å². The maximum absolute atomic E-state index is 5.49. The largest absolute Gasteiger partial charge is 0.136 e. The van der Waals surface area contributed by atoms with Crippen LogP contribution in [0.1, 0.15) is 136 Å². The summed E-state index contributed by atoms with van der Waals surface area (Å²) in [6, 6.07) is 0. The molecular formula is C23H46S2. The average Bonchev–Trinajstić information content (AvgIpc) is 2.59. The molecule has 0 N–H and O–H groups in total. The van der Waals surface area contributed by atoms with Gasteiger partial charge in [0.2, 0.25) is 0 Å². The van der Waals surface area contributed by atoms with Crippen molar-refractivity contribution in [2.45, 2.75) is 136 Å². The van der Waals surface area contributed by atoms with E-state index in [0.717, 1.165) is 4.20 Å². The highest BCUT2D eigenvalue weighted by Crippen LogP contribution is 2.34. The maximum Gasteiger partial charge on any atom is 0.0507 e. The van der Waals surface area contributed by atoms with Crippen LogP contribution >= 0.6 is 24.8 Å². The minimum Gasteiger partial charge on any atom is -0.136 e. The van der Waals surface area contributed by atoms with Crippen LogP contribution in [0.25, 0.3) is 0 Å². The summed E-state index contributed by atoms with van der Waals surface area (Å²) in [6.45, 7) is 6.92. The van der Waals surface area contributed by atoms with E-state index in [1.54, 1.807) is 0 Å². The van der Waals surface area contributed by atoms with Crippen LogP contribution in [0.15, 0.2) is 0 Å². The molecule has 0 aromatic heterocycles. The summed E-state index contributed by atoms with van der Waals surface area (Å²) >= 11 is 10.1. The van der Waals surface area contributed by atoms with Gasteiger partial charge in [0.25, 0.3) is 0 Å². The van der Waals surface area contributed by atoms with Gasteiger partial charge in [-0.15, -0.1) is 12.6 Å². The van der Waals surface area contributed by atoms with Crippen molar-refractivity contribution in [2.75, 3.05) is 0 Å². The Morgan fingerprint density at radius 3 is 1.16 bits per heavy atom. The van der Waals surface area contributed by atoms with E-state index >= 15 is 0 Å². The first-order valence-corrected chi connectivity index (χ1v) is 12.2. The Kier molecular flexibility index (Phi) is 18.1. The summed E-state index contributed by atoms with van der Waals surface area (Å²) in [5, 5.41) is 0. The Bertz CT molecular complexity index is 278. The zero-order valence-corrected chi connectivity index (χ0v) is 19.3. The predicted molar refractivity (Wildman–Crippen MR) is 124 cm³/mol. The summed E-state index contributed by atoms with van der Waals surface area (Å²) in [6.07, 6.45) is 24.7. The second kappa shape index (κ2) is 17.8. The van der Waals surface area contributed by atoms with E-state index in [-0.39, 0.29) is 5.41 Å². The van der Waals surface area contributed by atoms with Crippen LogP contribution in [0, 0.1) is 5.41 Å². The lowest BCUT2D eigenvalue weighted by Gasteiger charge is -2.28. The molecule has 0 aliphatic carbocycles. The molecule has 0 spiro atoms. The number of thiol groups is 1. The Morgan fingerprint density at radius 2 is 0.880 bits per heavy atom. The molecule has 2 heteroatoms. The van der Waals surface area contributed by atoms with Gasteiger partial charge in [0.1, 0.15) is 0 Å². The standard InChI is InChI=1S/C23H46S2/c1-4-6-8-10-12-14-16-18-20-23(3,22(24)25)21-19-17-15-13-11-9-7-5-2/h4-21H2,1-3H3,(H,24,25). The highest BCUT2D eigenvalue weighted by atomic mass is 32.1. The smallest absolute Gasteiger partial charge is 0.0507 e. The summed E-state index contributed by atoms with van der Waals surface area (Å²) < 4.78 is 0.943. The monoisotopic (exact) mass is 386 g/mol. The normalized spacial score (nSPS) is 11.8. The zero-order valence-electron chi connectivity index (χ0n) is 17.6. The first-order valence-electron chi connectivity index (χ1n) is 11.3. The van der Waals surface area contributed by atoms with Crippen LogP contribution in [0.4, 0.5) is 0 Å². The lowest BCUT2D eigenvalue weighted by molar-refractivity contribution is 0.364. The summed E-state index contributed by atoms with van der Waals surface area (Å²) in [5.41, 5.74) is 0.183. The van der Waals surface area contributed by atoms with Crippen LogP contribution in [0.3, 0.4) is 0 Å². The van der Waals surface area contributed by atoms with Gasteiger partial charge in [0.05, 0.1) is 4.20 Å². The van der Waals surface area contributed by atoms with Crippen molar-refractivity contribution < 1.29 is 0 Å². The number of hydrogen-bond donors (Lipinski definition) is 1. The molecule has 0 saturated carbocycles. The van der Waals surface area contributed by atoms with Crippen LogP contribution < -0.4 is 0 Å². The number of thiocarbonyl (C=S) groups is 1. The van der Waals surface area contributed by atoms with Crippen LogP contribution in [0.2, 0.25) is 0 Å². The van der Waals surface area contributed by atoms with Crippen molar-refractivity contribution in [3.63, 3.8) is 0 Å². The molecular weight excluding hydrogens is 340 g/mol. The molecule has 0 amide bonds. The third kappa shape index (κ3) is 15.2. The van der Waals surface area contributed by atoms with Gasteiger partial charge in [-0.25, -0.2) is 0 Å². The number of hydrogen-bond acceptors (Lipinski definition) is 1. The summed E-state index contributed by atoms with van der Waals surface area (Å²) in [7, 11) is 0. The highest BCUT2D eigenvalue weighted by molar-refractivity contribution is 8.11. The Hall–Kier alpha value is 0.440. The van der Waals surface area contributed by atoms with E-state index < -0.39 is 0 Å². The molecule has 0 aliphatic heterocycles. The third-order valence-corrected chi connectivity index (χ3v) is 6.71. The molecule has 0 atom stereocenters. The van der Waals surface area contributed by atoms with Gasteiger partial charge < -0.3 is 0 Å². The predicted octanol–water partition coefficient (Wildman–Crippen LogP) is 9.31. The van der Waals surface area contributed by atoms with Crippen molar-refractivity contribution in [1.29, 1.82) is 0 Å². The Morgan fingerprint density at radius 1 is 0.600 bits per heavy atom. The average molecular weight is 387 g/mol. The van der Waals surface area contributed by atoms with Gasteiger partial charge in [-0.05, 0) is 12.8 Å². The van der Waals surface area contributed by atoms with Gasteiger partial charge in [-0.1, -0.05) is 136 Å². The molecule has 0 heterocycles. The van der Waals surface area contributed by atoms with E-state index in [0.29, 0.717) is 0 Å². The molecule has 0 unspecified atom stereocenters. The fraction of sp³-hybridized carbons (Fsp3) is 0.957.